The third-order valence-corrected chi connectivity index (χ3v) is 2.60. The molecule has 3 nitrogen and oxygen atoms in total. The summed E-state index contributed by atoms with van der Waals surface area (Å²) in [5.74, 6) is 0. The van der Waals surface area contributed by atoms with Crippen molar-refractivity contribution in [3.8, 4) is 0 Å². The van der Waals surface area contributed by atoms with E-state index < -0.39 is 0 Å². The Hall–Kier alpha value is -0.870. The zero-order valence-corrected chi connectivity index (χ0v) is 8.82. The molecule has 2 aromatic rings. The molecule has 4 heteroatoms. The molecule has 1 unspecified atom stereocenters. The first kappa shape index (κ1) is 8.72. The van der Waals surface area contributed by atoms with Gasteiger partial charge in [-0.2, -0.15) is 0 Å². The van der Waals surface area contributed by atoms with Gasteiger partial charge in [-0.25, -0.2) is 4.98 Å². The van der Waals surface area contributed by atoms with Crippen LogP contribution in [-0.2, 0) is 0 Å². The molecule has 0 radical (unpaired) electrons. The van der Waals surface area contributed by atoms with Crippen molar-refractivity contribution in [1.29, 1.82) is 0 Å². The van der Waals surface area contributed by atoms with Crippen LogP contribution in [0.25, 0.3) is 5.65 Å². The molecule has 0 saturated heterocycles. The molecule has 2 heterocycles. The zero-order valence-electron chi connectivity index (χ0n) is 7.24. The normalized spacial score (nSPS) is 13.5. The standard InChI is InChI=1S/C9H10BrN3/c1-6(11)7-3-2-4-13-8(10)5-12-9(7)13/h2-6H,11H2,1H3. The highest BCUT2D eigenvalue weighted by atomic mass is 79.9. The summed E-state index contributed by atoms with van der Waals surface area (Å²) in [7, 11) is 0. The second-order valence-electron chi connectivity index (χ2n) is 3.03. The summed E-state index contributed by atoms with van der Waals surface area (Å²) < 4.78 is 2.92. The fraction of sp³-hybridized carbons (Fsp3) is 0.222. The van der Waals surface area contributed by atoms with Crippen LogP contribution in [0.5, 0.6) is 0 Å². The summed E-state index contributed by atoms with van der Waals surface area (Å²) in [5, 5.41) is 0. The van der Waals surface area contributed by atoms with Gasteiger partial charge in [0.25, 0.3) is 0 Å². The van der Waals surface area contributed by atoms with E-state index in [1.807, 2.05) is 29.7 Å². The van der Waals surface area contributed by atoms with Crippen LogP contribution in [0.3, 0.4) is 0 Å². The molecule has 0 amide bonds. The number of aromatic nitrogens is 2. The van der Waals surface area contributed by atoms with Gasteiger partial charge in [0.15, 0.2) is 0 Å². The van der Waals surface area contributed by atoms with Gasteiger partial charge in [0.1, 0.15) is 10.3 Å². The van der Waals surface area contributed by atoms with Crippen molar-refractivity contribution in [3.05, 3.63) is 34.7 Å². The van der Waals surface area contributed by atoms with Gasteiger partial charge in [-0.15, -0.1) is 0 Å². The largest absolute Gasteiger partial charge is 0.324 e. The molecule has 2 aromatic heterocycles. The minimum absolute atomic E-state index is 0.0120. The monoisotopic (exact) mass is 239 g/mol. The lowest BCUT2D eigenvalue weighted by Crippen LogP contribution is -2.06. The summed E-state index contributed by atoms with van der Waals surface area (Å²) in [4.78, 5) is 4.28. The number of nitrogens with zero attached hydrogens (tertiary/aromatic N) is 2. The van der Waals surface area contributed by atoms with Gasteiger partial charge >= 0.3 is 0 Å². The van der Waals surface area contributed by atoms with Crippen molar-refractivity contribution in [3.63, 3.8) is 0 Å². The van der Waals surface area contributed by atoms with E-state index in [9.17, 15) is 0 Å². The van der Waals surface area contributed by atoms with Crippen molar-refractivity contribution in [1.82, 2.24) is 9.38 Å². The van der Waals surface area contributed by atoms with Gasteiger partial charge in [0.05, 0.1) is 6.20 Å². The van der Waals surface area contributed by atoms with E-state index in [-0.39, 0.29) is 6.04 Å². The topological polar surface area (TPSA) is 43.3 Å². The number of halogens is 1. The highest BCUT2D eigenvalue weighted by Crippen LogP contribution is 2.19. The Bertz CT molecular complexity index is 433. The third kappa shape index (κ3) is 1.36. The van der Waals surface area contributed by atoms with E-state index in [2.05, 4.69) is 20.9 Å². The summed E-state index contributed by atoms with van der Waals surface area (Å²) in [6.45, 7) is 1.96. The third-order valence-electron chi connectivity index (χ3n) is 2.01. The summed E-state index contributed by atoms with van der Waals surface area (Å²) in [5.41, 5.74) is 7.80. The van der Waals surface area contributed by atoms with E-state index in [0.29, 0.717) is 0 Å². The predicted octanol–water partition coefficient (Wildman–Crippen LogP) is 2.12. The molecule has 0 fully saturated rings. The lowest BCUT2D eigenvalue weighted by molar-refractivity contribution is 0.816. The molecule has 13 heavy (non-hydrogen) atoms. The molecule has 1 atom stereocenters. The fourth-order valence-electron chi connectivity index (χ4n) is 1.36. The highest BCUT2D eigenvalue weighted by molar-refractivity contribution is 9.10. The average molecular weight is 240 g/mol. The smallest absolute Gasteiger partial charge is 0.142 e. The predicted molar refractivity (Wildman–Crippen MR) is 55.5 cm³/mol. The minimum Gasteiger partial charge on any atom is -0.324 e. The van der Waals surface area contributed by atoms with E-state index >= 15 is 0 Å². The summed E-state index contributed by atoms with van der Waals surface area (Å²) in [6.07, 6.45) is 3.74. The number of rotatable bonds is 1. The lowest BCUT2D eigenvalue weighted by atomic mass is 10.1. The Labute approximate surface area is 84.7 Å². The molecule has 68 valence electrons. The van der Waals surface area contributed by atoms with E-state index in [1.165, 1.54) is 0 Å². The van der Waals surface area contributed by atoms with Gasteiger partial charge < -0.3 is 5.73 Å². The number of hydrogen-bond donors (Lipinski definition) is 1. The van der Waals surface area contributed by atoms with Crippen molar-refractivity contribution in [2.75, 3.05) is 0 Å². The minimum atomic E-state index is 0.0120. The Morgan fingerprint density at radius 1 is 1.62 bits per heavy atom. The van der Waals surface area contributed by atoms with Crippen LogP contribution >= 0.6 is 15.9 Å². The Morgan fingerprint density at radius 2 is 2.38 bits per heavy atom. The van der Waals surface area contributed by atoms with E-state index in [1.54, 1.807) is 6.20 Å². The molecule has 2 rings (SSSR count). The summed E-state index contributed by atoms with van der Waals surface area (Å²) >= 11 is 3.41. The number of nitrogens with two attached hydrogens (primary N) is 1. The second kappa shape index (κ2) is 3.12. The van der Waals surface area contributed by atoms with Gasteiger partial charge in [-0.1, -0.05) is 6.07 Å². The molecule has 0 aliphatic rings. The molecule has 0 bridgehead atoms. The molecule has 0 aromatic carbocycles. The number of hydrogen-bond acceptors (Lipinski definition) is 2. The van der Waals surface area contributed by atoms with Crippen LogP contribution in [0.4, 0.5) is 0 Å². The Kier molecular flexibility index (Phi) is 2.09. The molecular weight excluding hydrogens is 230 g/mol. The van der Waals surface area contributed by atoms with Crippen molar-refractivity contribution in [2.24, 2.45) is 5.73 Å². The molecular formula is C9H10BrN3. The lowest BCUT2D eigenvalue weighted by Gasteiger charge is -2.06. The van der Waals surface area contributed by atoms with Crippen molar-refractivity contribution in [2.45, 2.75) is 13.0 Å². The van der Waals surface area contributed by atoms with Crippen LogP contribution in [0.1, 0.15) is 18.5 Å². The zero-order chi connectivity index (χ0) is 9.42. The maximum Gasteiger partial charge on any atom is 0.142 e. The van der Waals surface area contributed by atoms with Crippen molar-refractivity contribution >= 4 is 21.6 Å². The average Bonchev–Trinajstić information content (AvgIpc) is 2.48. The number of fused-ring (bicyclic) bond motifs is 1. The Balaban J connectivity index is 2.77. The van der Waals surface area contributed by atoms with Crippen molar-refractivity contribution < 1.29 is 0 Å². The quantitative estimate of drug-likeness (QED) is 0.829. The molecule has 2 N–H and O–H groups in total. The molecule has 0 aliphatic carbocycles. The maximum absolute atomic E-state index is 5.82. The van der Waals surface area contributed by atoms with Gasteiger partial charge in [-0.3, -0.25) is 4.40 Å². The molecule has 0 aliphatic heterocycles. The van der Waals surface area contributed by atoms with Crippen LogP contribution in [0, 0.1) is 0 Å². The van der Waals surface area contributed by atoms with Crippen LogP contribution in [0.2, 0.25) is 0 Å². The van der Waals surface area contributed by atoms with Gasteiger partial charge in [0, 0.05) is 17.8 Å². The van der Waals surface area contributed by atoms with Crippen LogP contribution in [-0.4, -0.2) is 9.38 Å². The van der Waals surface area contributed by atoms with Gasteiger partial charge in [0.2, 0.25) is 0 Å². The van der Waals surface area contributed by atoms with Crippen LogP contribution in [0.15, 0.2) is 29.1 Å². The van der Waals surface area contributed by atoms with Gasteiger partial charge in [-0.05, 0) is 28.9 Å². The Morgan fingerprint density at radius 3 is 3.08 bits per heavy atom. The first-order valence-electron chi connectivity index (χ1n) is 4.07. The highest BCUT2D eigenvalue weighted by Gasteiger charge is 2.07. The first-order chi connectivity index (χ1) is 6.20. The second-order valence-corrected chi connectivity index (χ2v) is 3.84. The van der Waals surface area contributed by atoms with E-state index in [0.717, 1.165) is 15.8 Å². The van der Waals surface area contributed by atoms with E-state index in [4.69, 9.17) is 5.73 Å². The number of pyridine rings is 1. The molecule has 0 spiro atoms. The summed E-state index contributed by atoms with van der Waals surface area (Å²) in [6, 6.07) is 3.98. The SMILES string of the molecule is CC(N)c1cccn2c(Br)cnc12. The van der Waals surface area contributed by atoms with Crippen LogP contribution < -0.4 is 5.73 Å². The number of imidazole rings is 1. The maximum atomic E-state index is 5.82. The first-order valence-corrected chi connectivity index (χ1v) is 4.86. The molecule has 0 saturated carbocycles. The fourth-order valence-corrected chi connectivity index (χ4v) is 1.75.